The summed E-state index contributed by atoms with van der Waals surface area (Å²) >= 11 is 3.96. The molecule has 0 amide bonds. The topological polar surface area (TPSA) is 50.4 Å². The van der Waals surface area contributed by atoms with E-state index in [0.29, 0.717) is 0 Å². The third-order valence-corrected chi connectivity index (χ3v) is 3.08. The SMILES string of the molecule is CCN=C(NN)c1csc(I)c1. The van der Waals surface area contributed by atoms with Gasteiger partial charge in [0.25, 0.3) is 0 Å². The third-order valence-electron chi connectivity index (χ3n) is 1.29. The summed E-state index contributed by atoms with van der Waals surface area (Å²) in [5, 5.41) is 2.04. The van der Waals surface area contributed by atoms with E-state index in [-0.39, 0.29) is 0 Å². The molecule has 0 aliphatic heterocycles. The number of halogens is 1. The van der Waals surface area contributed by atoms with E-state index < -0.39 is 0 Å². The molecule has 0 saturated carbocycles. The molecule has 1 rings (SSSR count). The summed E-state index contributed by atoms with van der Waals surface area (Å²) in [6, 6.07) is 2.06. The molecule has 0 saturated heterocycles. The van der Waals surface area contributed by atoms with E-state index in [1.165, 1.54) is 2.88 Å². The fourth-order valence-electron chi connectivity index (χ4n) is 0.813. The van der Waals surface area contributed by atoms with Gasteiger partial charge in [-0.15, -0.1) is 11.3 Å². The van der Waals surface area contributed by atoms with Crippen LogP contribution < -0.4 is 11.3 Å². The Morgan fingerprint density at radius 1 is 1.83 bits per heavy atom. The smallest absolute Gasteiger partial charge is 0.143 e. The number of nitrogens with zero attached hydrogens (tertiary/aromatic N) is 1. The van der Waals surface area contributed by atoms with E-state index in [4.69, 9.17) is 5.84 Å². The van der Waals surface area contributed by atoms with Crippen LogP contribution in [0.5, 0.6) is 0 Å². The molecule has 66 valence electrons. The van der Waals surface area contributed by atoms with Crippen molar-refractivity contribution in [3.63, 3.8) is 0 Å². The van der Waals surface area contributed by atoms with Gasteiger partial charge in [-0.3, -0.25) is 4.99 Å². The van der Waals surface area contributed by atoms with Crippen LogP contribution in [0.3, 0.4) is 0 Å². The summed E-state index contributed by atoms with van der Waals surface area (Å²) in [6.07, 6.45) is 0. The van der Waals surface area contributed by atoms with Gasteiger partial charge in [-0.25, -0.2) is 5.84 Å². The molecular weight excluding hydrogens is 285 g/mol. The van der Waals surface area contributed by atoms with Crippen molar-refractivity contribution < 1.29 is 0 Å². The average Bonchev–Trinajstić information content (AvgIpc) is 2.47. The van der Waals surface area contributed by atoms with Crippen molar-refractivity contribution in [2.75, 3.05) is 6.54 Å². The summed E-state index contributed by atoms with van der Waals surface area (Å²) < 4.78 is 1.24. The van der Waals surface area contributed by atoms with Gasteiger partial charge in [0.15, 0.2) is 0 Å². The lowest BCUT2D eigenvalue weighted by molar-refractivity contribution is 0.992. The number of nitrogens with two attached hydrogens (primary N) is 1. The molecule has 3 nitrogen and oxygen atoms in total. The summed E-state index contributed by atoms with van der Waals surface area (Å²) in [6.45, 7) is 2.72. The summed E-state index contributed by atoms with van der Waals surface area (Å²) in [4.78, 5) is 4.21. The van der Waals surface area contributed by atoms with Crippen molar-refractivity contribution in [2.24, 2.45) is 10.8 Å². The first-order valence-electron chi connectivity index (χ1n) is 3.53. The highest BCUT2D eigenvalue weighted by molar-refractivity contribution is 14.1. The maximum Gasteiger partial charge on any atom is 0.143 e. The van der Waals surface area contributed by atoms with Gasteiger partial charge in [-0.2, -0.15) is 0 Å². The Morgan fingerprint density at radius 3 is 3.00 bits per heavy atom. The summed E-state index contributed by atoms with van der Waals surface area (Å²) in [7, 11) is 0. The molecule has 1 aromatic heterocycles. The molecule has 1 aromatic rings. The van der Waals surface area contributed by atoms with Gasteiger partial charge in [-0.05, 0) is 35.6 Å². The maximum atomic E-state index is 5.32. The predicted molar refractivity (Wildman–Crippen MR) is 61.4 cm³/mol. The number of nitrogens with one attached hydrogen (secondary N) is 1. The van der Waals surface area contributed by atoms with E-state index in [1.54, 1.807) is 11.3 Å². The number of hydrazine groups is 1. The highest BCUT2D eigenvalue weighted by atomic mass is 127. The highest BCUT2D eigenvalue weighted by Gasteiger charge is 2.02. The zero-order chi connectivity index (χ0) is 8.97. The van der Waals surface area contributed by atoms with Gasteiger partial charge in [0, 0.05) is 17.5 Å². The van der Waals surface area contributed by atoms with Crippen molar-refractivity contribution in [1.29, 1.82) is 0 Å². The van der Waals surface area contributed by atoms with E-state index in [2.05, 4.69) is 39.1 Å². The standard InChI is InChI=1S/C7H10IN3S/c1-2-10-7(11-9)5-3-6(8)12-4-5/h3-4H,2,9H2,1H3,(H,10,11). The van der Waals surface area contributed by atoms with Gasteiger partial charge < -0.3 is 5.43 Å². The molecule has 3 N–H and O–H groups in total. The minimum atomic E-state index is 0.742. The van der Waals surface area contributed by atoms with Gasteiger partial charge in [0.2, 0.25) is 0 Å². The number of thiophene rings is 1. The lowest BCUT2D eigenvalue weighted by Gasteiger charge is -2.00. The molecule has 0 bridgehead atoms. The number of hydrogen-bond donors (Lipinski definition) is 2. The van der Waals surface area contributed by atoms with Crippen LogP contribution in [0.2, 0.25) is 0 Å². The van der Waals surface area contributed by atoms with Crippen molar-refractivity contribution in [3.8, 4) is 0 Å². The fourth-order valence-corrected chi connectivity index (χ4v) is 2.14. The Kier molecular flexibility index (Phi) is 3.96. The zero-order valence-corrected chi connectivity index (χ0v) is 9.65. The average molecular weight is 295 g/mol. The minimum absolute atomic E-state index is 0.742. The first kappa shape index (κ1) is 9.94. The molecule has 0 spiro atoms. The molecule has 1 heterocycles. The lowest BCUT2D eigenvalue weighted by Crippen LogP contribution is -2.30. The highest BCUT2D eigenvalue weighted by Crippen LogP contribution is 2.16. The molecule has 0 aliphatic carbocycles. The van der Waals surface area contributed by atoms with Crippen LogP contribution in [0.1, 0.15) is 12.5 Å². The Balaban J connectivity index is 2.87. The molecule has 0 unspecified atom stereocenters. The van der Waals surface area contributed by atoms with Crippen LogP contribution >= 0.6 is 33.9 Å². The number of aliphatic imine (C=N–C) groups is 1. The van der Waals surface area contributed by atoms with Crippen molar-refractivity contribution in [2.45, 2.75) is 6.92 Å². The van der Waals surface area contributed by atoms with Crippen LogP contribution in [-0.2, 0) is 0 Å². The molecule has 0 radical (unpaired) electrons. The molecule has 0 aromatic carbocycles. The Bertz CT molecular complexity index is 282. The monoisotopic (exact) mass is 295 g/mol. The molecule has 0 fully saturated rings. The quantitative estimate of drug-likeness (QED) is 0.286. The van der Waals surface area contributed by atoms with Gasteiger partial charge in [-0.1, -0.05) is 0 Å². The van der Waals surface area contributed by atoms with Crippen molar-refractivity contribution >= 4 is 39.8 Å². The second-order valence-electron chi connectivity index (χ2n) is 2.11. The fraction of sp³-hybridized carbons (Fsp3) is 0.286. The normalized spacial score (nSPS) is 11.8. The first-order valence-corrected chi connectivity index (χ1v) is 5.49. The Hall–Kier alpha value is -0.140. The van der Waals surface area contributed by atoms with E-state index in [0.717, 1.165) is 17.9 Å². The van der Waals surface area contributed by atoms with Crippen LogP contribution in [0.4, 0.5) is 0 Å². The number of hydrogen-bond acceptors (Lipinski definition) is 3. The second kappa shape index (κ2) is 4.78. The minimum Gasteiger partial charge on any atom is -0.308 e. The number of amidine groups is 1. The van der Waals surface area contributed by atoms with Crippen LogP contribution in [0, 0.1) is 2.88 Å². The lowest BCUT2D eigenvalue weighted by atomic mass is 10.3. The van der Waals surface area contributed by atoms with Gasteiger partial charge in [0.05, 0.1) is 2.88 Å². The van der Waals surface area contributed by atoms with Gasteiger partial charge in [0.1, 0.15) is 5.84 Å². The van der Waals surface area contributed by atoms with E-state index >= 15 is 0 Å². The zero-order valence-electron chi connectivity index (χ0n) is 6.67. The molecular formula is C7H10IN3S. The molecule has 5 heteroatoms. The van der Waals surface area contributed by atoms with Crippen molar-refractivity contribution in [1.82, 2.24) is 5.43 Å². The van der Waals surface area contributed by atoms with E-state index in [9.17, 15) is 0 Å². The van der Waals surface area contributed by atoms with Crippen molar-refractivity contribution in [3.05, 3.63) is 19.9 Å². The largest absolute Gasteiger partial charge is 0.308 e. The molecule has 12 heavy (non-hydrogen) atoms. The van der Waals surface area contributed by atoms with Crippen LogP contribution in [0.15, 0.2) is 16.4 Å². The van der Waals surface area contributed by atoms with Crippen LogP contribution in [0.25, 0.3) is 0 Å². The Morgan fingerprint density at radius 2 is 2.58 bits per heavy atom. The Labute approximate surface area is 89.2 Å². The van der Waals surface area contributed by atoms with E-state index in [1.807, 2.05) is 12.3 Å². The summed E-state index contributed by atoms with van der Waals surface area (Å²) in [5.41, 5.74) is 3.65. The number of rotatable bonds is 2. The van der Waals surface area contributed by atoms with Crippen LogP contribution in [-0.4, -0.2) is 12.4 Å². The second-order valence-corrected chi connectivity index (χ2v) is 4.91. The molecule has 0 atom stereocenters. The molecule has 0 aliphatic rings. The van der Waals surface area contributed by atoms with Gasteiger partial charge >= 0.3 is 0 Å². The summed E-state index contributed by atoms with van der Waals surface area (Å²) in [5.74, 6) is 6.08. The predicted octanol–water partition coefficient (Wildman–Crippen LogP) is 1.58. The maximum absolute atomic E-state index is 5.32. The first-order chi connectivity index (χ1) is 5.77. The third kappa shape index (κ3) is 2.43.